The molecule has 0 aliphatic carbocycles. The quantitative estimate of drug-likeness (QED) is 0.705. The molecule has 4 rings (SSSR count). The van der Waals surface area contributed by atoms with Crippen LogP contribution in [0.2, 0.25) is 0 Å². The topological polar surface area (TPSA) is 64.7 Å². The van der Waals surface area contributed by atoms with Crippen LogP contribution in [-0.2, 0) is 22.7 Å². The number of nitrogens with one attached hydrogen (secondary N) is 2. The zero-order valence-corrected chi connectivity index (χ0v) is 18.3. The highest BCUT2D eigenvalue weighted by molar-refractivity contribution is 7.10. The molecule has 0 unspecified atom stereocenters. The molecule has 2 amide bonds. The van der Waals surface area contributed by atoms with Gasteiger partial charge in [-0.15, -0.1) is 22.7 Å². The van der Waals surface area contributed by atoms with Crippen molar-refractivity contribution in [1.82, 2.24) is 20.4 Å². The van der Waals surface area contributed by atoms with E-state index in [-0.39, 0.29) is 29.9 Å². The van der Waals surface area contributed by atoms with Gasteiger partial charge in [0, 0.05) is 47.9 Å². The standard InChI is InChI=1S/C21H28N4O2S2/c1-24-15(6-7-19(26)22-13-16-4-2-10-28-16)12-23-21(27)20-18(24)8-9-25(20)14-17-5-3-11-29-17/h2-5,10-11,15,18,20H,6-9,12-14H2,1H3,(H,22,26)(H,23,27)/t15-,18+,20-/m0/s1. The summed E-state index contributed by atoms with van der Waals surface area (Å²) >= 11 is 3.39. The molecule has 156 valence electrons. The van der Waals surface area contributed by atoms with Crippen LogP contribution in [0.25, 0.3) is 0 Å². The van der Waals surface area contributed by atoms with Crippen molar-refractivity contribution in [2.45, 2.75) is 50.5 Å². The molecule has 2 aromatic heterocycles. The first-order valence-electron chi connectivity index (χ1n) is 10.2. The molecule has 2 aliphatic heterocycles. The highest BCUT2D eigenvalue weighted by Gasteiger charge is 2.44. The average molecular weight is 433 g/mol. The second-order valence-corrected chi connectivity index (χ2v) is 9.87. The molecule has 29 heavy (non-hydrogen) atoms. The highest BCUT2D eigenvalue weighted by Crippen LogP contribution is 2.29. The first-order chi connectivity index (χ1) is 14.1. The van der Waals surface area contributed by atoms with Gasteiger partial charge in [-0.1, -0.05) is 12.1 Å². The Kier molecular flexibility index (Phi) is 6.64. The van der Waals surface area contributed by atoms with E-state index < -0.39 is 0 Å². The van der Waals surface area contributed by atoms with Crippen molar-refractivity contribution >= 4 is 34.5 Å². The number of fused-ring (bicyclic) bond motifs is 1. The molecule has 3 atom stereocenters. The monoisotopic (exact) mass is 432 g/mol. The number of amides is 2. The summed E-state index contributed by atoms with van der Waals surface area (Å²) in [6.45, 7) is 2.96. The lowest BCUT2D eigenvalue weighted by Gasteiger charge is -2.33. The molecule has 6 nitrogen and oxygen atoms in total. The number of rotatable bonds is 7. The van der Waals surface area contributed by atoms with Crippen LogP contribution in [0.15, 0.2) is 35.0 Å². The lowest BCUT2D eigenvalue weighted by molar-refractivity contribution is -0.126. The van der Waals surface area contributed by atoms with Crippen LogP contribution in [0, 0.1) is 0 Å². The molecule has 0 radical (unpaired) electrons. The fourth-order valence-electron chi connectivity index (χ4n) is 4.41. The summed E-state index contributed by atoms with van der Waals surface area (Å²) in [5.41, 5.74) is 0. The van der Waals surface area contributed by atoms with E-state index in [1.807, 2.05) is 17.5 Å². The van der Waals surface area contributed by atoms with Crippen LogP contribution in [0.3, 0.4) is 0 Å². The minimum absolute atomic E-state index is 0.0738. The lowest BCUT2D eigenvalue weighted by Crippen LogP contribution is -2.49. The number of likely N-dealkylation sites (tertiary alicyclic amines) is 1. The third-order valence-corrected chi connectivity index (χ3v) is 7.77. The van der Waals surface area contributed by atoms with Gasteiger partial charge in [-0.2, -0.15) is 0 Å². The number of nitrogens with zero attached hydrogens (tertiary/aromatic N) is 2. The van der Waals surface area contributed by atoms with Crippen LogP contribution in [0.4, 0.5) is 0 Å². The molecule has 0 aromatic carbocycles. The van der Waals surface area contributed by atoms with Crippen molar-refractivity contribution in [3.05, 3.63) is 44.8 Å². The van der Waals surface area contributed by atoms with Gasteiger partial charge in [0.25, 0.3) is 0 Å². The molecule has 0 bridgehead atoms. The molecule has 2 N–H and O–H groups in total. The summed E-state index contributed by atoms with van der Waals surface area (Å²) in [7, 11) is 2.11. The molecular formula is C21H28N4O2S2. The third kappa shape index (κ3) is 4.88. The van der Waals surface area contributed by atoms with E-state index in [0.29, 0.717) is 19.5 Å². The Morgan fingerprint density at radius 3 is 2.72 bits per heavy atom. The van der Waals surface area contributed by atoms with Gasteiger partial charge in [-0.25, -0.2) is 0 Å². The SMILES string of the molecule is CN1[C@@H](CCC(=O)NCc2cccs2)CNC(=O)[C@@H]2[C@H]1CCN2Cc1cccs1. The van der Waals surface area contributed by atoms with Crippen molar-refractivity contribution in [3.8, 4) is 0 Å². The Morgan fingerprint density at radius 1 is 1.24 bits per heavy atom. The average Bonchev–Trinajstić information content (AvgIpc) is 3.47. The van der Waals surface area contributed by atoms with Gasteiger partial charge >= 0.3 is 0 Å². The normalized spacial score (nSPS) is 25.4. The smallest absolute Gasteiger partial charge is 0.239 e. The Hall–Kier alpha value is -1.74. The first kappa shape index (κ1) is 20.5. The van der Waals surface area contributed by atoms with E-state index in [0.717, 1.165) is 30.8 Å². The maximum atomic E-state index is 12.8. The van der Waals surface area contributed by atoms with Gasteiger partial charge in [0.05, 0.1) is 6.54 Å². The van der Waals surface area contributed by atoms with E-state index in [9.17, 15) is 9.59 Å². The van der Waals surface area contributed by atoms with Gasteiger partial charge in [-0.05, 0) is 42.8 Å². The highest BCUT2D eigenvalue weighted by atomic mass is 32.1. The van der Waals surface area contributed by atoms with Crippen molar-refractivity contribution in [2.24, 2.45) is 0 Å². The van der Waals surface area contributed by atoms with Crippen LogP contribution in [0.1, 0.15) is 29.0 Å². The summed E-state index contributed by atoms with van der Waals surface area (Å²) in [4.78, 5) is 32.2. The Balaban J connectivity index is 1.32. The van der Waals surface area contributed by atoms with E-state index in [1.54, 1.807) is 22.7 Å². The third-order valence-electron chi connectivity index (χ3n) is 6.03. The molecule has 2 fully saturated rings. The minimum atomic E-state index is -0.111. The van der Waals surface area contributed by atoms with E-state index in [4.69, 9.17) is 0 Å². The van der Waals surface area contributed by atoms with Gasteiger partial charge < -0.3 is 10.6 Å². The van der Waals surface area contributed by atoms with Gasteiger partial charge in [0.2, 0.25) is 11.8 Å². The van der Waals surface area contributed by atoms with Crippen molar-refractivity contribution in [2.75, 3.05) is 20.1 Å². The van der Waals surface area contributed by atoms with Crippen LogP contribution >= 0.6 is 22.7 Å². The number of likely N-dealkylation sites (N-methyl/N-ethyl adjacent to an activating group) is 1. The van der Waals surface area contributed by atoms with Crippen molar-refractivity contribution < 1.29 is 9.59 Å². The predicted octanol–water partition coefficient (Wildman–Crippen LogP) is 2.28. The molecule has 2 saturated heterocycles. The summed E-state index contributed by atoms with van der Waals surface area (Å²) in [6, 6.07) is 8.50. The van der Waals surface area contributed by atoms with Gasteiger partial charge in [0.15, 0.2) is 0 Å². The molecular weight excluding hydrogens is 404 g/mol. The number of carbonyl (C=O) groups excluding carboxylic acids is 2. The zero-order chi connectivity index (χ0) is 20.2. The Labute approximate surface area is 179 Å². The summed E-state index contributed by atoms with van der Waals surface area (Å²) in [5.74, 6) is 0.199. The molecule has 2 aromatic rings. The largest absolute Gasteiger partial charge is 0.353 e. The molecule has 8 heteroatoms. The van der Waals surface area contributed by atoms with Crippen LogP contribution in [-0.4, -0.2) is 59.9 Å². The summed E-state index contributed by atoms with van der Waals surface area (Å²) in [6.07, 6.45) is 2.22. The van der Waals surface area contributed by atoms with Crippen LogP contribution in [0.5, 0.6) is 0 Å². The second-order valence-electron chi connectivity index (χ2n) is 7.81. The maximum Gasteiger partial charge on any atom is 0.239 e. The first-order valence-corrected chi connectivity index (χ1v) is 11.9. The Morgan fingerprint density at radius 2 is 2.00 bits per heavy atom. The number of hydrogen-bond donors (Lipinski definition) is 2. The van der Waals surface area contributed by atoms with Crippen molar-refractivity contribution in [1.29, 1.82) is 0 Å². The fourth-order valence-corrected chi connectivity index (χ4v) is 5.79. The predicted molar refractivity (Wildman–Crippen MR) is 117 cm³/mol. The molecule has 2 aliphatic rings. The number of carbonyl (C=O) groups is 2. The van der Waals surface area contributed by atoms with Crippen LogP contribution < -0.4 is 10.6 Å². The van der Waals surface area contributed by atoms with E-state index in [2.05, 4.69) is 45.0 Å². The van der Waals surface area contributed by atoms with E-state index >= 15 is 0 Å². The number of hydrogen-bond acceptors (Lipinski definition) is 6. The van der Waals surface area contributed by atoms with E-state index in [1.165, 1.54) is 4.88 Å². The summed E-state index contributed by atoms with van der Waals surface area (Å²) in [5, 5.41) is 10.2. The summed E-state index contributed by atoms with van der Waals surface area (Å²) < 4.78 is 0. The second kappa shape index (κ2) is 9.38. The van der Waals surface area contributed by atoms with Crippen molar-refractivity contribution in [3.63, 3.8) is 0 Å². The minimum Gasteiger partial charge on any atom is -0.353 e. The number of thiophene rings is 2. The zero-order valence-electron chi connectivity index (χ0n) is 16.7. The van der Waals surface area contributed by atoms with Gasteiger partial charge in [-0.3, -0.25) is 19.4 Å². The maximum absolute atomic E-state index is 12.8. The fraction of sp³-hybridized carbons (Fsp3) is 0.524. The Bertz CT molecular complexity index is 809. The lowest BCUT2D eigenvalue weighted by atomic mass is 10.0. The molecule has 0 spiro atoms. The molecule has 0 saturated carbocycles. The molecule has 4 heterocycles. The van der Waals surface area contributed by atoms with Gasteiger partial charge in [0.1, 0.15) is 6.04 Å².